The summed E-state index contributed by atoms with van der Waals surface area (Å²) in [5, 5.41) is 0.774. The number of benzene rings is 3. The summed E-state index contributed by atoms with van der Waals surface area (Å²) in [6.07, 6.45) is 0. The first-order valence-corrected chi connectivity index (χ1v) is 9.04. The number of para-hydroxylation sites is 2. The maximum Gasteiger partial charge on any atom is 0.173 e. The van der Waals surface area contributed by atoms with E-state index in [4.69, 9.17) is 0 Å². The highest BCUT2D eigenvalue weighted by molar-refractivity contribution is 7.99. The van der Waals surface area contributed by atoms with Crippen molar-refractivity contribution in [2.45, 2.75) is 5.16 Å². The van der Waals surface area contributed by atoms with E-state index in [1.165, 1.54) is 11.8 Å². The van der Waals surface area contributed by atoms with E-state index in [0.29, 0.717) is 5.75 Å². The number of aromatic nitrogens is 2. The molecule has 3 nitrogen and oxygen atoms in total. The first-order chi connectivity index (χ1) is 12.3. The largest absolute Gasteiger partial charge is 0.333 e. The van der Waals surface area contributed by atoms with Gasteiger partial charge >= 0.3 is 0 Å². The van der Waals surface area contributed by atoms with E-state index < -0.39 is 0 Å². The lowest BCUT2D eigenvalue weighted by atomic mass is 10.0. The molecule has 0 atom stereocenters. The van der Waals surface area contributed by atoms with E-state index in [1.807, 2.05) is 66.7 Å². The van der Waals surface area contributed by atoms with Crippen LogP contribution >= 0.6 is 11.8 Å². The van der Waals surface area contributed by atoms with Gasteiger partial charge in [-0.2, -0.15) is 0 Å². The molecule has 0 fully saturated rings. The highest BCUT2D eigenvalue weighted by Crippen LogP contribution is 2.22. The molecule has 4 aromatic rings. The summed E-state index contributed by atoms with van der Waals surface area (Å²) < 4.78 is 0. The van der Waals surface area contributed by atoms with Gasteiger partial charge in [-0.05, 0) is 23.3 Å². The molecule has 0 saturated heterocycles. The monoisotopic (exact) mass is 344 g/mol. The Bertz CT molecular complexity index is 974. The zero-order chi connectivity index (χ0) is 17.1. The molecular formula is C21H16N2OS. The summed E-state index contributed by atoms with van der Waals surface area (Å²) in [6.45, 7) is 0. The SMILES string of the molecule is O=C(CSc1nc2ccccc2[nH]1)c1ccc(-c2ccccc2)cc1. The summed E-state index contributed by atoms with van der Waals surface area (Å²) in [5.74, 6) is 0.467. The molecule has 4 heteroatoms. The lowest BCUT2D eigenvalue weighted by Crippen LogP contribution is -2.02. The maximum absolute atomic E-state index is 12.4. The summed E-state index contributed by atoms with van der Waals surface area (Å²) in [5.41, 5.74) is 4.90. The van der Waals surface area contributed by atoms with E-state index >= 15 is 0 Å². The summed E-state index contributed by atoms with van der Waals surface area (Å²) >= 11 is 1.43. The molecule has 0 amide bonds. The summed E-state index contributed by atoms with van der Waals surface area (Å²) in [7, 11) is 0. The van der Waals surface area contributed by atoms with Gasteiger partial charge in [-0.15, -0.1) is 0 Å². The minimum Gasteiger partial charge on any atom is -0.333 e. The van der Waals surface area contributed by atoms with Gasteiger partial charge < -0.3 is 4.98 Å². The second-order valence-corrected chi connectivity index (χ2v) is 6.68. The number of hydrogen-bond acceptors (Lipinski definition) is 3. The van der Waals surface area contributed by atoms with Crippen LogP contribution in [0.2, 0.25) is 0 Å². The molecule has 0 unspecified atom stereocenters. The molecule has 0 radical (unpaired) electrons. The lowest BCUT2D eigenvalue weighted by Gasteiger charge is -2.03. The topological polar surface area (TPSA) is 45.8 Å². The van der Waals surface area contributed by atoms with Crippen LogP contribution in [0.4, 0.5) is 0 Å². The third-order valence-electron chi connectivity index (χ3n) is 4.02. The van der Waals surface area contributed by atoms with Gasteiger partial charge in [-0.25, -0.2) is 4.98 Å². The Balaban J connectivity index is 1.44. The molecule has 0 saturated carbocycles. The third-order valence-corrected chi connectivity index (χ3v) is 4.89. The second-order valence-electron chi connectivity index (χ2n) is 5.71. The Morgan fingerprint density at radius 3 is 2.28 bits per heavy atom. The number of rotatable bonds is 5. The third kappa shape index (κ3) is 3.49. The Morgan fingerprint density at radius 2 is 1.52 bits per heavy atom. The number of nitrogens with one attached hydrogen (secondary N) is 1. The fourth-order valence-corrected chi connectivity index (χ4v) is 3.47. The molecule has 0 aliphatic rings. The van der Waals surface area contributed by atoms with Crippen LogP contribution in [0, 0.1) is 0 Å². The first kappa shape index (κ1) is 15.7. The van der Waals surface area contributed by atoms with Crippen molar-refractivity contribution in [2.75, 3.05) is 5.75 Å². The van der Waals surface area contributed by atoms with E-state index in [0.717, 1.165) is 32.9 Å². The molecule has 1 N–H and O–H groups in total. The number of thioether (sulfide) groups is 1. The molecule has 25 heavy (non-hydrogen) atoms. The second kappa shape index (κ2) is 6.95. The van der Waals surface area contributed by atoms with Crippen LogP contribution in [0.15, 0.2) is 84.0 Å². The van der Waals surface area contributed by atoms with E-state index in [2.05, 4.69) is 22.1 Å². The lowest BCUT2D eigenvalue weighted by molar-refractivity contribution is 0.102. The van der Waals surface area contributed by atoms with E-state index in [-0.39, 0.29) is 5.78 Å². The molecule has 0 aliphatic heterocycles. The first-order valence-electron chi connectivity index (χ1n) is 8.06. The Kier molecular flexibility index (Phi) is 4.36. The van der Waals surface area contributed by atoms with E-state index in [9.17, 15) is 4.79 Å². The van der Waals surface area contributed by atoms with Crippen LogP contribution in [-0.2, 0) is 0 Å². The standard InChI is InChI=1S/C21H16N2OS/c24-20(14-25-21-22-18-8-4-5-9-19(18)23-21)17-12-10-16(11-13-17)15-6-2-1-3-7-15/h1-13H,14H2,(H,22,23). The number of fused-ring (bicyclic) bond motifs is 1. The molecule has 1 aromatic heterocycles. The molecule has 3 aromatic carbocycles. The predicted molar refractivity (Wildman–Crippen MR) is 103 cm³/mol. The molecule has 0 aliphatic carbocycles. The summed E-state index contributed by atoms with van der Waals surface area (Å²) in [4.78, 5) is 20.1. The Hall–Kier alpha value is -2.85. The minimum absolute atomic E-state index is 0.102. The highest BCUT2D eigenvalue weighted by Gasteiger charge is 2.09. The van der Waals surface area contributed by atoms with E-state index in [1.54, 1.807) is 0 Å². The minimum atomic E-state index is 0.102. The zero-order valence-corrected chi connectivity index (χ0v) is 14.3. The number of Topliss-reactive ketones (excluding diaryl/α,β-unsaturated/α-hetero) is 1. The molecule has 0 spiro atoms. The van der Waals surface area contributed by atoms with Crippen molar-refractivity contribution in [3.05, 3.63) is 84.4 Å². The van der Waals surface area contributed by atoms with Crippen molar-refractivity contribution in [1.29, 1.82) is 0 Å². The van der Waals surface area contributed by atoms with Gasteiger partial charge in [0.15, 0.2) is 10.9 Å². The number of nitrogens with zero attached hydrogens (tertiary/aromatic N) is 1. The van der Waals surface area contributed by atoms with Gasteiger partial charge in [0.2, 0.25) is 0 Å². The van der Waals surface area contributed by atoms with Gasteiger partial charge in [0.1, 0.15) is 0 Å². The normalized spacial score (nSPS) is 10.9. The average Bonchev–Trinajstić information content (AvgIpc) is 3.10. The number of hydrogen-bond donors (Lipinski definition) is 1. The number of ketones is 1. The van der Waals surface area contributed by atoms with Crippen LogP contribution in [0.25, 0.3) is 22.2 Å². The number of carbonyl (C=O) groups excluding carboxylic acids is 1. The van der Waals surface area contributed by atoms with Crippen LogP contribution in [0.5, 0.6) is 0 Å². The number of aromatic amines is 1. The van der Waals surface area contributed by atoms with Crippen molar-refractivity contribution in [1.82, 2.24) is 9.97 Å². The van der Waals surface area contributed by atoms with Gasteiger partial charge in [-0.3, -0.25) is 4.79 Å². The van der Waals surface area contributed by atoms with Gasteiger partial charge in [-0.1, -0.05) is 78.5 Å². The zero-order valence-electron chi connectivity index (χ0n) is 13.5. The van der Waals surface area contributed by atoms with Crippen LogP contribution < -0.4 is 0 Å². The van der Waals surface area contributed by atoms with Crippen LogP contribution in [-0.4, -0.2) is 21.5 Å². The van der Waals surface area contributed by atoms with Crippen molar-refractivity contribution in [3.8, 4) is 11.1 Å². The molecule has 0 bridgehead atoms. The summed E-state index contributed by atoms with van der Waals surface area (Å²) in [6, 6.07) is 25.8. The van der Waals surface area contributed by atoms with Crippen molar-refractivity contribution < 1.29 is 4.79 Å². The highest BCUT2D eigenvalue weighted by atomic mass is 32.2. The van der Waals surface area contributed by atoms with Gasteiger partial charge in [0.05, 0.1) is 16.8 Å². The maximum atomic E-state index is 12.4. The van der Waals surface area contributed by atoms with Crippen LogP contribution in [0.3, 0.4) is 0 Å². The fourth-order valence-electron chi connectivity index (χ4n) is 2.69. The number of H-pyrrole nitrogens is 1. The van der Waals surface area contributed by atoms with Gasteiger partial charge in [0.25, 0.3) is 0 Å². The number of imidazole rings is 1. The Morgan fingerprint density at radius 1 is 0.840 bits per heavy atom. The molecule has 4 rings (SSSR count). The molecule has 122 valence electrons. The smallest absolute Gasteiger partial charge is 0.173 e. The molecule has 1 heterocycles. The predicted octanol–water partition coefficient (Wildman–Crippen LogP) is 5.20. The van der Waals surface area contributed by atoms with Crippen molar-refractivity contribution >= 4 is 28.6 Å². The Labute approximate surface area is 150 Å². The number of carbonyl (C=O) groups is 1. The van der Waals surface area contributed by atoms with Crippen molar-refractivity contribution in [2.24, 2.45) is 0 Å². The van der Waals surface area contributed by atoms with Crippen molar-refractivity contribution in [3.63, 3.8) is 0 Å². The molecular weight excluding hydrogens is 328 g/mol. The van der Waals surface area contributed by atoms with Gasteiger partial charge in [0, 0.05) is 5.56 Å². The average molecular weight is 344 g/mol. The van der Waals surface area contributed by atoms with Crippen LogP contribution in [0.1, 0.15) is 10.4 Å². The quantitative estimate of drug-likeness (QED) is 0.399. The fraction of sp³-hybridized carbons (Fsp3) is 0.0476.